The maximum Gasteiger partial charge on any atom is 0.325 e. The van der Waals surface area contributed by atoms with Crippen LogP contribution in [0.15, 0.2) is 24.3 Å². The van der Waals surface area contributed by atoms with Crippen LogP contribution in [-0.4, -0.2) is 43.5 Å². The Kier molecular flexibility index (Phi) is 7.29. The summed E-state index contributed by atoms with van der Waals surface area (Å²) in [6.45, 7) is 5.34. The van der Waals surface area contributed by atoms with E-state index in [9.17, 15) is 9.59 Å². The number of nitrogens with zero attached hydrogens (tertiary/aromatic N) is 1. The van der Waals surface area contributed by atoms with Crippen molar-refractivity contribution in [3.05, 3.63) is 29.8 Å². The normalized spacial score (nSPS) is 10.0. The molecule has 0 saturated heterocycles. The predicted molar refractivity (Wildman–Crippen MR) is 83.4 cm³/mol. The highest BCUT2D eigenvalue weighted by Gasteiger charge is 2.20. The molecule has 1 amide bonds. The minimum atomic E-state index is -0.407. The molecule has 0 aliphatic carbocycles. The first kappa shape index (κ1) is 17.0. The van der Waals surface area contributed by atoms with Crippen LogP contribution in [0.1, 0.15) is 37.0 Å². The number of anilines is 1. The molecule has 0 saturated carbocycles. The third kappa shape index (κ3) is 5.10. The van der Waals surface area contributed by atoms with Crippen molar-refractivity contribution in [3.8, 4) is 0 Å². The highest BCUT2D eigenvalue weighted by molar-refractivity contribution is 6.00. The van der Waals surface area contributed by atoms with E-state index in [1.165, 1.54) is 12.0 Å². The number of ether oxygens (including phenoxy) is 1. The Morgan fingerprint density at radius 2 is 1.90 bits per heavy atom. The van der Waals surface area contributed by atoms with Crippen LogP contribution in [0.2, 0.25) is 0 Å². The van der Waals surface area contributed by atoms with Crippen LogP contribution in [0, 0.1) is 0 Å². The molecule has 0 bridgehead atoms. The maximum atomic E-state index is 12.6. The third-order valence-corrected chi connectivity index (χ3v) is 3.05. The summed E-state index contributed by atoms with van der Waals surface area (Å²) in [7, 11) is 1.33. The van der Waals surface area contributed by atoms with Crippen molar-refractivity contribution in [1.82, 2.24) is 4.90 Å². The number of rotatable bonds is 8. The van der Waals surface area contributed by atoms with Gasteiger partial charge in [0.25, 0.3) is 5.91 Å². The van der Waals surface area contributed by atoms with E-state index in [0.717, 1.165) is 25.1 Å². The van der Waals surface area contributed by atoms with E-state index in [1.807, 2.05) is 25.1 Å². The second-order valence-electron chi connectivity index (χ2n) is 4.78. The first-order valence-corrected chi connectivity index (χ1v) is 7.33. The number of benzene rings is 1. The quantitative estimate of drug-likeness (QED) is 0.748. The fraction of sp³-hybridized carbons (Fsp3) is 0.500. The molecule has 116 valence electrons. The van der Waals surface area contributed by atoms with Gasteiger partial charge in [0.1, 0.15) is 6.54 Å². The molecule has 0 radical (unpaired) electrons. The fourth-order valence-corrected chi connectivity index (χ4v) is 2.00. The molecule has 0 aliphatic heterocycles. The molecule has 0 spiro atoms. The number of hydrogen-bond donors (Lipinski definition) is 1. The molecule has 1 N–H and O–H groups in total. The number of methoxy groups -OCH3 is 1. The molecule has 5 heteroatoms. The van der Waals surface area contributed by atoms with Crippen LogP contribution in [-0.2, 0) is 9.53 Å². The van der Waals surface area contributed by atoms with E-state index in [2.05, 4.69) is 17.0 Å². The number of amides is 1. The zero-order valence-corrected chi connectivity index (χ0v) is 13.0. The lowest BCUT2D eigenvalue weighted by Gasteiger charge is -2.22. The first-order valence-electron chi connectivity index (χ1n) is 7.33. The number of carbonyl (C=O) groups is 2. The van der Waals surface area contributed by atoms with Gasteiger partial charge in [-0.25, -0.2) is 0 Å². The van der Waals surface area contributed by atoms with Gasteiger partial charge in [-0.15, -0.1) is 0 Å². The van der Waals surface area contributed by atoms with E-state index in [-0.39, 0.29) is 12.5 Å². The second-order valence-corrected chi connectivity index (χ2v) is 4.78. The molecule has 0 aliphatic rings. The number of esters is 1. The molecule has 21 heavy (non-hydrogen) atoms. The van der Waals surface area contributed by atoms with Gasteiger partial charge in [0, 0.05) is 18.8 Å². The Balaban J connectivity index is 2.94. The van der Waals surface area contributed by atoms with Gasteiger partial charge >= 0.3 is 5.97 Å². The van der Waals surface area contributed by atoms with Crippen molar-refractivity contribution in [1.29, 1.82) is 0 Å². The number of hydrogen-bond acceptors (Lipinski definition) is 4. The summed E-state index contributed by atoms with van der Waals surface area (Å²) >= 11 is 0. The van der Waals surface area contributed by atoms with Gasteiger partial charge in [-0.1, -0.05) is 26.0 Å². The summed E-state index contributed by atoms with van der Waals surface area (Å²) in [6, 6.07) is 7.37. The van der Waals surface area contributed by atoms with Crippen LogP contribution in [0.5, 0.6) is 0 Å². The molecular weight excluding hydrogens is 268 g/mol. The lowest BCUT2D eigenvalue weighted by molar-refractivity contribution is -0.141. The van der Waals surface area contributed by atoms with Crippen molar-refractivity contribution >= 4 is 17.6 Å². The van der Waals surface area contributed by atoms with Crippen LogP contribution in [0.4, 0.5) is 5.69 Å². The smallest absolute Gasteiger partial charge is 0.325 e. The second kappa shape index (κ2) is 9.00. The monoisotopic (exact) mass is 292 g/mol. The van der Waals surface area contributed by atoms with Crippen LogP contribution >= 0.6 is 0 Å². The van der Waals surface area contributed by atoms with Gasteiger partial charge in [-0.05, 0) is 25.0 Å². The van der Waals surface area contributed by atoms with Crippen molar-refractivity contribution in [3.63, 3.8) is 0 Å². The van der Waals surface area contributed by atoms with E-state index in [4.69, 9.17) is 0 Å². The van der Waals surface area contributed by atoms with Crippen molar-refractivity contribution < 1.29 is 14.3 Å². The zero-order chi connectivity index (χ0) is 15.7. The first-order chi connectivity index (χ1) is 10.1. The molecule has 1 rings (SSSR count). The lowest BCUT2D eigenvalue weighted by atomic mass is 10.1. The standard InChI is InChI=1S/C16H24N2O3/c1-4-10-17-14-9-7-6-8-13(14)16(20)18(11-5-2)12-15(19)21-3/h6-9,17H,4-5,10-12H2,1-3H3. The third-order valence-electron chi connectivity index (χ3n) is 3.05. The predicted octanol–water partition coefficient (Wildman–Crippen LogP) is 2.53. The molecule has 1 aromatic carbocycles. The van der Waals surface area contributed by atoms with E-state index < -0.39 is 5.97 Å². The average Bonchev–Trinajstić information content (AvgIpc) is 2.51. The largest absolute Gasteiger partial charge is 0.468 e. The van der Waals surface area contributed by atoms with Crippen LogP contribution in [0.25, 0.3) is 0 Å². The van der Waals surface area contributed by atoms with Gasteiger partial charge in [0.15, 0.2) is 0 Å². The van der Waals surface area contributed by atoms with Gasteiger partial charge < -0.3 is 15.0 Å². The zero-order valence-electron chi connectivity index (χ0n) is 13.0. The summed E-state index contributed by atoms with van der Waals surface area (Å²) in [5.41, 5.74) is 1.39. The highest BCUT2D eigenvalue weighted by atomic mass is 16.5. The number of nitrogens with one attached hydrogen (secondary N) is 1. The molecule has 5 nitrogen and oxygen atoms in total. The number of carbonyl (C=O) groups excluding carboxylic acids is 2. The Morgan fingerprint density at radius 3 is 2.52 bits per heavy atom. The molecule has 1 aromatic rings. The molecular formula is C16H24N2O3. The Hall–Kier alpha value is -2.04. The lowest BCUT2D eigenvalue weighted by Crippen LogP contribution is -2.37. The van der Waals surface area contributed by atoms with Crippen molar-refractivity contribution in [2.75, 3.05) is 32.1 Å². The summed E-state index contributed by atoms with van der Waals surface area (Å²) < 4.78 is 4.66. The van der Waals surface area contributed by atoms with E-state index >= 15 is 0 Å². The van der Waals surface area contributed by atoms with Gasteiger partial charge in [0.05, 0.1) is 12.7 Å². The van der Waals surface area contributed by atoms with E-state index in [0.29, 0.717) is 12.1 Å². The maximum absolute atomic E-state index is 12.6. The molecule has 0 unspecified atom stereocenters. The fourth-order valence-electron chi connectivity index (χ4n) is 2.00. The summed E-state index contributed by atoms with van der Waals surface area (Å²) in [6.07, 6.45) is 1.76. The SMILES string of the molecule is CCCNc1ccccc1C(=O)N(CCC)CC(=O)OC. The molecule has 0 atom stereocenters. The molecule has 0 heterocycles. The summed E-state index contributed by atoms with van der Waals surface area (Å²) in [5.74, 6) is -0.558. The minimum Gasteiger partial charge on any atom is -0.468 e. The topological polar surface area (TPSA) is 58.6 Å². The van der Waals surface area contributed by atoms with Crippen LogP contribution in [0.3, 0.4) is 0 Å². The Bertz CT molecular complexity index is 474. The van der Waals surface area contributed by atoms with Crippen molar-refractivity contribution in [2.24, 2.45) is 0 Å². The van der Waals surface area contributed by atoms with Gasteiger partial charge in [-0.3, -0.25) is 9.59 Å². The summed E-state index contributed by atoms with van der Waals surface area (Å²) in [5, 5.41) is 3.24. The molecule has 0 aromatic heterocycles. The van der Waals surface area contributed by atoms with Crippen LogP contribution < -0.4 is 5.32 Å². The number of para-hydroxylation sites is 1. The Labute approximate surface area is 126 Å². The van der Waals surface area contributed by atoms with E-state index in [1.54, 1.807) is 6.07 Å². The highest BCUT2D eigenvalue weighted by Crippen LogP contribution is 2.17. The summed E-state index contributed by atoms with van der Waals surface area (Å²) in [4.78, 5) is 25.6. The van der Waals surface area contributed by atoms with Gasteiger partial charge in [-0.2, -0.15) is 0 Å². The van der Waals surface area contributed by atoms with Gasteiger partial charge in [0.2, 0.25) is 0 Å². The van der Waals surface area contributed by atoms with Crippen molar-refractivity contribution in [2.45, 2.75) is 26.7 Å². The average molecular weight is 292 g/mol. The minimum absolute atomic E-state index is 0.0225. The molecule has 0 fully saturated rings. The Morgan fingerprint density at radius 1 is 1.19 bits per heavy atom.